The van der Waals surface area contributed by atoms with Crippen molar-refractivity contribution in [3.63, 3.8) is 0 Å². The third-order valence-corrected chi connectivity index (χ3v) is 5.64. The lowest BCUT2D eigenvalue weighted by atomic mass is 10.1. The fourth-order valence-electron chi connectivity index (χ4n) is 3.32. The number of nitrogens with one attached hydrogen (secondary N) is 1. The van der Waals surface area contributed by atoms with Crippen molar-refractivity contribution in [1.29, 1.82) is 0 Å². The third-order valence-electron chi connectivity index (χ3n) is 4.93. The zero-order valence-electron chi connectivity index (χ0n) is 15.6. The molecule has 1 amide bonds. The van der Waals surface area contributed by atoms with Crippen LogP contribution in [0.5, 0.6) is 0 Å². The first-order valence-electron chi connectivity index (χ1n) is 9.33. The molecule has 0 unspecified atom stereocenters. The van der Waals surface area contributed by atoms with Crippen molar-refractivity contribution in [2.24, 2.45) is 0 Å². The summed E-state index contributed by atoms with van der Waals surface area (Å²) in [6.45, 7) is 2.93. The number of carbonyl (C=O) groups is 1. The monoisotopic (exact) mass is 448 g/mol. The predicted molar refractivity (Wildman–Crippen MR) is 105 cm³/mol. The summed E-state index contributed by atoms with van der Waals surface area (Å²) >= 11 is 12.5. The van der Waals surface area contributed by atoms with Gasteiger partial charge in [0.1, 0.15) is 5.69 Å². The molecule has 1 saturated heterocycles. The number of H-pyrrole nitrogens is 1. The summed E-state index contributed by atoms with van der Waals surface area (Å²) in [5.41, 5.74) is -0.801. The molecule has 0 saturated carbocycles. The number of halogens is 5. The highest BCUT2D eigenvalue weighted by molar-refractivity contribution is 6.36. The molecule has 1 aliphatic rings. The molecule has 0 bridgehead atoms. The van der Waals surface area contributed by atoms with Crippen LogP contribution in [0.15, 0.2) is 24.3 Å². The van der Waals surface area contributed by atoms with Gasteiger partial charge in [-0.25, -0.2) is 0 Å². The van der Waals surface area contributed by atoms with Crippen molar-refractivity contribution in [3.8, 4) is 0 Å². The van der Waals surface area contributed by atoms with Crippen molar-refractivity contribution in [1.82, 2.24) is 20.0 Å². The van der Waals surface area contributed by atoms with Crippen LogP contribution in [0.2, 0.25) is 10.0 Å². The first-order valence-corrected chi connectivity index (χ1v) is 10.1. The number of benzene rings is 1. The molecule has 1 aromatic carbocycles. The Morgan fingerprint density at radius 2 is 1.83 bits per heavy atom. The lowest BCUT2D eigenvalue weighted by molar-refractivity contribution is -0.141. The van der Waals surface area contributed by atoms with Crippen LogP contribution in [-0.2, 0) is 12.7 Å². The van der Waals surface area contributed by atoms with E-state index in [1.165, 1.54) is 11.3 Å². The Hall–Kier alpha value is -1.77. The quantitative estimate of drug-likeness (QED) is 0.685. The largest absolute Gasteiger partial charge is 0.435 e. The van der Waals surface area contributed by atoms with Crippen LogP contribution in [-0.4, -0.2) is 52.1 Å². The molecular formula is C19H21Cl2F3N4O. The Kier molecular flexibility index (Phi) is 7.08. The average Bonchev–Trinajstić information content (AvgIpc) is 3.18. The minimum Gasteiger partial charge on any atom is -0.332 e. The molecule has 29 heavy (non-hydrogen) atoms. The first-order chi connectivity index (χ1) is 13.8. The Balaban J connectivity index is 1.81. The second-order valence-electron chi connectivity index (χ2n) is 6.99. The van der Waals surface area contributed by atoms with E-state index in [1.54, 1.807) is 18.2 Å². The predicted octanol–water partition coefficient (Wildman–Crippen LogP) is 4.86. The topological polar surface area (TPSA) is 52.2 Å². The highest BCUT2D eigenvalue weighted by Gasteiger charge is 2.35. The smallest absolute Gasteiger partial charge is 0.332 e. The Bertz CT molecular complexity index is 830. The van der Waals surface area contributed by atoms with Crippen LogP contribution < -0.4 is 0 Å². The van der Waals surface area contributed by atoms with Gasteiger partial charge in [-0.3, -0.25) is 9.89 Å². The first kappa shape index (κ1) is 21.9. The van der Waals surface area contributed by atoms with E-state index in [2.05, 4.69) is 15.1 Å². The van der Waals surface area contributed by atoms with Crippen LogP contribution in [0.4, 0.5) is 13.2 Å². The molecule has 1 aromatic heterocycles. The van der Waals surface area contributed by atoms with E-state index in [0.717, 1.165) is 32.0 Å². The molecule has 2 heterocycles. The second kappa shape index (κ2) is 9.36. The molecule has 1 N–H and O–H groups in total. The summed E-state index contributed by atoms with van der Waals surface area (Å²) in [6, 6.07) is 5.74. The number of amides is 1. The molecule has 2 aromatic rings. The maximum Gasteiger partial charge on any atom is 0.435 e. The van der Waals surface area contributed by atoms with Gasteiger partial charge in [-0.05, 0) is 38.1 Å². The van der Waals surface area contributed by atoms with Crippen LogP contribution in [0.3, 0.4) is 0 Å². The number of aromatic amines is 1. The highest BCUT2D eigenvalue weighted by atomic mass is 35.5. The molecule has 1 aliphatic heterocycles. The zero-order chi connectivity index (χ0) is 21.0. The molecule has 3 rings (SSSR count). The summed E-state index contributed by atoms with van der Waals surface area (Å²) in [6.07, 6.45) is -1.25. The van der Waals surface area contributed by atoms with Crippen molar-refractivity contribution in [2.45, 2.75) is 32.0 Å². The minimum atomic E-state index is -4.63. The van der Waals surface area contributed by atoms with Crippen molar-refractivity contribution < 1.29 is 18.0 Å². The normalized spacial score (nSPS) is 15.5. The van der Waals surface area contributed by atoms with E-state index in [9.17, 15) is 18.0 Å². The highest BCUT2D eigenvalue weighted by Crippen LogP contribution is 2.29. The number of piperidine rings is 1. The van der Waals surface area contributed by atoms with Crippen LogP contribution in [0.1, 0.15) is 41.0 Å². The number of nitrogens with zero attached hydrogens (tertiary/aromatic N) is 3. The molecule has 0 atom stereocenters. The number of likely N-dealkylation sites (tertiary alicyclic amines) is 1. The number of hydrogen-bond donors (Lipinski definition) is 1. The SMILES string of the molecule is O=C(c1cc(C(F)(F)F)n[nH]1)N(CCN1CCCCC1)Cc1c(Cl)cccc1Cl. The summed E-state index contributed by atoms with van der Waals surface area (Å²) in [7, 11) is 0. The van der Waals surface area contributed by atoms with Crippen LogP contribution >= 0.6 is 23.2 Å². The minimum absolute atomic E-state index is 0.0888. The fraction of sp³-hybridized carbons (Fsp3) is 0.474. The van der Waals surface area contributed by atoms with Gasteiger partial charge in [-0.2, -0.15) is 18.3 Å². The van der Waals surface area contributed by atoms with Gasteiger partial charge in [-0.1, -0.05) is 35.7 Å². The molecule has 10 heteroatoms. The molecule has 0 radical (unpaired) electrons. The van der Waals surface area contributed by atoms with Gasteiger partial charge in [0.25, 0.3) is 5.91 Å². The molecule has 0 aliphatic carbocycles. The summed E-state index contributed by atoms with van der Waals surface area (Å²) < 4.78 is 38.6. The molecule has 158 valence electrons. The second-order valence-corrected chi connectivity index (χ2v) is 7.81. The zero-order valence-corrected chi connectivity index (χ0v) is 17.1. The van der Waals surface area contributed by atoms with E-state index in [4.69, 9.17) is 23.2 Å². The van der Waals surface area contributed by atoms with Gasteiger partial charge >= 0.3 is 6.18 Å². The molecule has 5 nitrogen and oxygen atoms in total. The Morgan fingerprint density at radius 3 is 2.41 bits per heavy atom. The van der Waals surface area contributed by atoms with Gasteiger partial charge in [0.2, 0.25) is 0 Å². The summed E-state index contributed by atoms with van der Waals surface area (Å²) in [4.78, 5) is 16.7. The Labute approximate surface area is 176 Å². The summed E-state index contributed by atoms with van der Waals surface area (Å²) in [5.74, 6) is -0.582. The maximum absolute atomic E-state index is 13.0. The number of rotatable bonds is 6. The van der Waals surface area contributed by atoms with E-state index in [1.807, 2.05) is 0 Å². The molecule has 0 spiro atoms. The van der Waals surface area contributed by atoms with Gasteiger partial charge in [0, 0.05) is 41.3 Å². The molecule has 1 fully saturated rings. The Morgan fingerprint density at radius 1 is 1.17 bits per heavy atom. The van der Waals surface area contributed by atoms with Gasteiger partial charge < -0.3 is 9.80 Å². The van der Waals surface area contributed by atoms with E-state index >= 15 is 0 Å². The lowest BCUT2D eigenvalue weighted by Gasteiger charge is -2.30. The number of aromatic nitrogens is 2. The third kappa shape index (κ3) is 5.65. The molecular weight excluding hydrogens is 428 g/mol. The van der Waals surface area contributed by atoms with Crippen molar-refractivity contribution in [2.75, 3.05) is 26.2 Å². The van der Waals surface area contributed by atoms with Crippen molar-refractivity contribution >= 4 is 29.1 Å². The van der Waals surface area contributed by atoms with E-state index < -0.39 is 17.8 Å². The van der Waals surface area contributed by atoms with Gasteiger partial charge in [-0.15, -0.1) is 0 Å². The van der Waals surface area contributed by atoms with E-state index in [0.29, 0.717) is 28.7 Å². The number of carbonyl (C=O) groups excluding carboxylic acids is 1. The number of hydrogen-bond acceptors (Lipinski definition) is 3. The van der Waals surface area contributed by atoms with Crippen molar-refractivity contribution in [3.05, 3.63) is 51.3 Å². The summed E-state index contributed by atoms with van der Waals surface area (Å²) in [5, 5.41) is 6.22. The van der Waals surface area contributed by atoms with Gasteiger partial charge in [0.15, 0.2) is 5.69 Å². The van der Waals surface area contributed by atoms with E-state index in [-0.39, 0.29) is 12.2 Å². The standard InChI is InChI=1S/C19H21Cl2F3N4O/c20-14-5-4-6-15(21)13(14)12-28(10-9-27-7-2-1-3-8-27)18(29)16-11-17(26-25-16)19(22,23)24/h4-6,11H,1-3,7-10,12H2,(H,25,26). The maximum atomic E-state index is 13.0. The lowest BCUT2D eigenvalue weighted by Crippen LogP contribution is -2.40. The van der Waals surface area contributed by atoms with Crippen LogP contribution in [0, 0.1) is 0 Å². The number of alkyl halides is 3. The fourth-order valence-corrected chi connectivity index (χ4v) is 3.84. The van der Waals surface area contributed by atoms with Gasteiger partial charge in [0.05, 0.1) is 0 Å². The average molecular weight is 449 g/mol. The van der Waals surface area contributed by atoms with Crippen LogP contribution in [0.25, 0.3) is 0 Å².